The number of hydrogen-bond acceptors (Lipinski definition) is 3. The van der Waals surface area contributed by atoms with Crippen molar-refractivity contribution in [1.29, 1.82) is 0 Å². The van der Waals surface area contributed by atoms with E-state index in [0.29, 0.717) is 38.3 Å². The van der Waals surface area contributed by atoms with Crippen LogP contribution in [0.2, 0.25) is 10.0 Å². The van der Waals surface area contributed by atoms with E-state index < -0.39 is 0 Å². The zero-order chi connectivity index (χ0) is 21.3. The van der Waals surface area contributed by atoms with Crippen molar-refractivity contribution in [3.63, 3.8) is 0 Å². The summed E-state index contributed by atoms with van der Waals surface area (Å²) >= 11 is 12.0. The van der Waals surface area contributed by atoms with Crippen LogP contribution < -0.4 is 5.32 Å². The second-order valence-corrected chi connectivity index (χ2v) is 7.83. The quantitative estimate of drug-likeness (QED) is 0.348. The van der Waals surface area contributed by atoms with Crippen molar-refractivity contribution in [2.75, 3.05) is 5.32 Å². The van der Waals surface area contributed by atoms with Gasteiger partial charge in [0.1, 0.15) is 5.52 Å². The largest absolute Gasteiger partial charge is 0.436 e. The van der Waals surface area contributed by atoms with Gasteiger partial charge in [0.2, 0.25) is 11.8 Å². The number of carbonyl (C=O) groups is 1. The molecule has 4 aromatic rings. The van der Waals surface area contributed by atoms with E-state index >= 15 is 0 Å². The lowest BCUT2D eigenvalue weighted by Gasteiger charge is -2.02. The molecule has 6 heteroatoms. The minimum atomic E-state index is -0.279. The Kier molecular flexibility index (Phi) is 5.62. The van der Waals surface area contributed by atoms with Gasteiger partial charge in [-0.2, -0.15) is 0 Å². The highest BCUT2D eigenvalue weighted by molar-refractivity contribution is 6.35. The Labute approximate surface area is 184 Å². The summed E-state index contributed by atoms with van der Waals surface area (Å²) in [5, 5.41) is 3.85. The normalized spacial score (nSPS) is 11.3. The van der Waals surface area contributed by atoms with E-state index in [-0.39, 0.29) is 5.91 Å². The minimum Gasteiger partial charge on any atom is -0.436 e. The number of halogens is 2. The average Bonchev–Trinajstić information content (AvgIpc) is 3.13. The number of hydrogen-bond donors (Lipinski definition) is 1. The molecule has 0 saturated carbocycles. The molecule has 4 rings (SSSR count). The summed E-state index contributed by atoms with van der Waals surface area (Å²) in [5.74, 6) is 0.270. The third-order valence-electron chi connectivity index (χ3n) is 4.79. The average molecular weight is 437 g/mol. The lowest BCUT2D eigenvalue weighted by atomic mass is 10.1. The SMILES string of the molecule is Cc1ccc(-c2nc3cc(NC(=O)C=Cc4ccc(Cl)cc4Cl)ccc3o2)cc1C. The maximum Gasteiger partial charge on any atom is 0.248 e. The number of anilines is 1. The Hall–Kier alpha value is -3.08. The third-order valence-corrected chi connectivity index (χ3v) is 5.35. The first kappa shape index (κ1) is 20.2. The fourth-order valence-electron chi connectivity index (χ4n) is 2.99. The van der Waals surface area contributed by atoms with Crippen LogP contribution in [0.4, 0.5) is 5.69 Å². The molecular formula is C24H18Cl2N2O2. The van der Waals surface area contributed by atoms with Crippen molar-refractivity contribution in [2.24, 2.45) is 0 Å². The van der Waals surface area contributed by atoms with Crippen molar-refractivity contribution in [3.8, 4) is 11.5 Å². The minimum absolute atomic E-state index is 0.279. The number of nitrogens with one attached hydrogen (secondary N) is 1. The van der Waals surface area contributed by atoms with E-state index in [2.05, 4.69) is 30.2 Å². The molecule has 0 radical (unpaired) electrons. The molecule has 1 aromatic heterocycles. The number of fused-ring (bicyclic) bond motifs is 1. The van der Waals surface area contributed by atoms with E-state index in [1.807, 2.05) is 12.1 Å². The first-order chi connectivity index (χ1) is 14.4. The Bertz CT molecular complexity index is 1290. The number of carbonyl (C=O) groups excluding carboxylic acids is 1. The van der Waals surface area contributed by atoms with E-state index in [1.54, 1.807) is 42.5 Å². The van der Waals surface area contributed by atoms with E-state index in [0.717, 1.165) is 5.56 Å². The van der Waals surface area contributed by atoms with Crippen molar-refractivity contribution in [2.45, 2.75) is 13.8 Å². The third kappa shape index (κ3) is 4.40. The van der Waals surface area contributed by atoms with Crippen LogP contribution in [0.5, 0.6) is 0 Å². The topological polar surface area (TPSA) is 55.1 Å². The summed E-state index contributed by atoms with van der Waals surface area (Å²) in [6.07, 6.45) is 3.06. The fourth-order valence-corrected chi connectivity index (χ4v) is 3.46. The molecule has 1 N–H and O–H groups in total. The maximum atomic E-state index is 12.3. The zero-order valence-corrected chi connectivity index (χ0v) is 17.9. The molecule has 4 nitrogen and oxygen atoms in total. The molecule has 1 heterocycles. The second kappa shape index (κ2) is 8.34. The number of aryl methyl sites for hydroxylation is 2. The van der Waals surface area contributed by atoms with Gasteiger partial charge in [-0.15, -0.1) is 0 Å². The summed E-state index contributed by atoms with van der Waals surface area (Å²) < 4.78 is 5.87. The summed E-state index contributed by atoms with van der Waals surface area (Å²) in [7, 11) is 0. The van der Waals surface area contributed by atoms with Crippen LogP contribution in [0, 0.1) is 13.8 Å². The summed E-state index contributed by atoms with van der Waals surface area (Å²) in [6.45, 7) is 4.12. The van der Waals surface area contributed by atoms with Crippen molar-refractivity contribution in [1.82, 2.24) is 4.98 Å². The molecule has 0 unspecified atom stereocenters. The highest BCUT2D eigenvalue weighted by atomic mass is 35.5. The molecule has 0 atom stereocenters. The van der Waals surface area contributed by atoms with Crippen LogP contribution in [-0.2, 0) is 4.79 Å². The summed E-state index contributed by atoms with van der Waals surface area (Å²) in [4.78, 5) is 16.9. The van der Waals surface area contributed by atoms with E-state index in [9.17, 15) is 4.79 Å². The van der Waals surface area contributed by atoms with Crippen LogP contribution >= 0.6 is 23.2 Å². The zero-order valence-electron chi connectivity index (χ0n) is 16.4. The molecule has 1 amide bonds. The van der Waals surface area contributed by atoms with Gasteiger partial charge in [-0.3, -0.25) is 4.79 Å². The summed E-state index contributed by atoms with van der Waals surface area (Å²) in [5.41, 5.74) is 5.97. The highest BCUT2D eigenvalue weighted by Gasteiger charge is 2.10. The van der Waals surface area contributed by atoms with Gasteiger partial charge in [-0.25, -0.2) is 4.98 Å². The van der Waals surface area contributed by atoms with Gasteiger partial charge in [0.15, 0.2) is 5.58 Å². The lowest BCUT2D eigenvalue weighted by molar-refractivity contribution is -0.111. The number of aromatic nitrogens is 1. The van der Waals surface area contributed by atoms with Crippen molar-refractivity contribution < 1.29 is 9.21 Å². The fraction of sp³-hybridized carbons (Fsp3) is 0.0833. The highest BCUT2D eigenvalue weighted by Crippen LogP contribution is 2.27. The van der Waals surface area contributed by atoms with Crippen molar-refractivity contribution in [3.05, 3.63) is 87.4 Å². The summed E-state index contributed by atoms with van der Waals surface area (Å²) in [6, 6.07) is 16.5. The molecule has 150 valence electrons. The molecular weight excluding hydrogens is 419 g/mol. The smallest absolute Gasteiger partial charge is 0.248 e. The van der Waals surface area contributed by atoms with Crippen LogP contribution in [0.15, 0.2) is 65.1 Å². The van der Waals surface area contributed by atoms with E-state index in [1.165, 1.54) is 17.2 Å². The van der Waals surface area contributed by atoms with Gasteiger partial charge in [0, 0.05) is 27.4 Å². The Morgan fingerprint density at radius 2 is 1.83 bits per heavy atom. The Balaban J connectivity index is 1.52. The van der Waals surface area contributed by atoms with E-state index in [4.69, 9.17) is 27.6 Å². The van der Waals surface area contributed by atoms with Crippen molar-refractivity contribution >= 4 is 52.0 Å². The molecule has 0 aliphatic carbocycles. The first-order valence-corrected chi connectivity index (χ1v) is 10.1. The first-order valence-electron chi connectivity index (χ1n) is 9.31. The number of nitrogens with zero attached hydrogens (tertiary/aromatic N) is 1. The van der Waals surface area contributed by atoms with Crippen LogP contribution in [0.1, 0.15) is 16.7 Å². The Morgan fingerprint density at radius 3 is 2.60 bits per heavy atom. The van der Waals surface area contributed by atoms with Gasteiger partial charge < -0.3 is 9.73 Å². The second-order valence-electron chi connectivity index (χ2n) is 6.99. The van der Waals surface area contributed by atoms with Gasteiger partial charge in [-0.05, 0) is 79.1 Å². The standard InChI is InChI=1S/C24H18Cl2N2O2/c1-14-3-4-17(11-15(14)2)24-28-21-13-19(8-9-22(21)30-24)27-23(29)10-6-16-5-7-18(25)12-20(16)26/h3-13H,1-2H3,(H,27,29). The number of oxazole rings is 1. The van der Waals surface area contributed by atoms with Gasteiger partial charge >= 0.3 is 0 Å². The van der Waals surface area contributed by atoms with Gasteiger partial charge in [0.25, 0.3) is 0 Å². The maximum absolute atomic E-state index is 12.3. The molecule has 0 bridgehead atoms. The molecule has 3 aromatic carbocycles. The number of benzene rings is 3. The number of amides is 1. The molecule has 0 saturated heterocycles. The predicted octanol–water partition coefficient (Wildman–Crippen LogP) is 7.07. The Morgan fingerprint density at radius 1 is 1.00 bits per heavy atom. The number of rotatable bonds is 4. The molecule has 30 heavy (non-hydrogen) atoms. The lowest BCUT2D eigenvalue weighted by Crippen LogP contribution is -2.07. The monoisotopic (exact) mass is 436 g/mol. The van der Waals surface area contributed by atoms with Crippen LogP contribution in [0.3, 0.4) is 0 Å². The van der Waals surface area contributed by atoms with Crippen LogP contribution in [-0.4, -0.2) is 10.9 Å². The van der Waals surface area contributed by atoms with Crippen LogP contribution in [0.25, 0.3) is 28.6 Å². The predicted molar refractivity (Wildman–Crippen MR) is 123 cm³/mol. The molecule has 0 spiro atoms. The van der Waals surface area contributed by atoms with Gasteiger partial charge in [-0.1, -0.05) is 35.3 Å². The molecule has 0 aliphatic heterocycles. The molecule has 0 fully saturated rings. The molecule has 0 aliphatic rings. The van der Waals surface area contributed by atoms with Gasteiger partial charge in [0.05, 0.1) is 0 Å².